The van der Waals surface area contributed by atoms with Gasteiger partial charge in [-0.2, -0.15) is 4.72 Å². The van der Waals surface area contributed by atoms with E-state index in [9.17, 15) is 18.3 Å². The lowest BCUT2D eigenvalue weighted by Gasteiger charge is -2.26. The Morgan fingerprint density at radius 2 is 2.19 bits per heavy atom. The number of benzene rings is 1. The van der Waals surface area contributed by atoms with Gasteiger partial charge >= 0.3 is 5.97 Å². The van der Waals surface area contributed by atoms with E-state index in [4.69, 9.17) is 4.74 Å². The Morgan fingerprint density at radius 1 is 1.48 bits per heavy atom. The van der Waals surface area contributed by atoms with Crippen LogP contribution in [0.5, 0.6) is 5.75 Å². The number of rotatable bonds is 7. The molecule has 0 aromatic heterocycles. The average molecular weight is 313 g/mol. The van der Waals surface area contributed by atoms with Crippen LogP contribution in [0.4, 0.5) is 0 Å². The first kappa shape index (κ1) is 15.8. The van der Waals surface area contributed by atoms with Crippen molar-refractivity contribution in [1.29, 1.82) is 0 Å². The summed E-state index contributed by atoms with van der Waals surface area (Å²) in [6, 6.07) is 5.08. The summed E-state index contributed by atoms with van der Waals surface area (Å²) in [7, 11) is -2.16. The molecule has 0 saturated heterocycles. The monoisotopic (exact) mass is 313 g/mol. The van der Waals surface area contributed by atoms with Crippen molar-refractivity contribution >= 4 is 16.0 Å². The molecule has 0 amide bonds. The fraction of sp³-hybridized carbons (Fsp3) is 0.500. The summed E-state index contributed by atoms with van der Waals surface area (Å²) in [6.07, 6.45) is 2.81. The third kappa shape index (κ3) is 4.18. The second-order valence-corrected chi connectivity index (χ2v) is 7.04. The molecule has 1 aromatic rings. The molecule has 0 aliphatic heterocycles. The number of hydrogen-bond acceptors (Lipinski definition) is 4. The van der Waals surface area contributed by atoms with Crippen LogP contribution in [-0.4, -0.2) is 32.4 Å². The number of carboxylic acid groups (broad SMARTS) is 1. The molecular weight excluding hydrogens is 294 g/mol. The predicted octanol–water partition coefficient (Wildman–Crippen LogP) is 1.54. The molecule has 2 N–H and O–H groups in total. The van der Waals surface area contributed by atoms with Crippen LogP contribution in [0.15, 0.2) is 24.3 Å². The van der Waals surface area contributed by atoms with Crippen molar-refractivity contribution in [3.63, 3.8) is 0 Å². The zero-order valence-electron chi connectivity index (χ0n) is 11.8. The minimum absolute atomic E-state index is 0.0131. The van der Waals surface area contributed by atoms with Crippen molar-refractivity contribution in [1.82, 2.24) is 4.72 Å². The van der Waals surface area contributed by atoms with Crippen LogP contribution in [0.1, 0.15) is 30.9 Å². The van der Waals surface area contributed by atoms with E-state index in [0.29, 0.717) is 11.3 Å². The summed E-state index contributed by atoms with van der Waals surface area (Å²) >= 11 is 0. The zero-order chi connectivity index (χ0) is 15.5. The highest BCUT2D eigenvalue weighted by Crippen LogP contribution is 2.28. The summed E-state index contributed by atoms with van der Waals surface area (Å²) in [5.41, 5.74) is 0.346. The van der Waals surface area contributed by atoms with Gasteiger partial charge in [-0.15, -0.1) is 0 Å². The summed E-state index contributed by atoms with van der Waals surface area (Å²) in [5, 5.41) is 9.29. The van der Waals surface area contributed by atoms with E-state index < -0.39 is 22.0 Å². The topological polar surface area (TPSA) is 92.7 Å². The van der Waals surface area contributed by atoms with Gasteiger partial charge in [0.25, 0.3) is 0 Å². The smallest absolute Gasteiger partial charge is 0.326 e. The average Bonchev–Trinajstić information content (AvgIpc) is 2.40. The van der Waals surface area contributed by atoms with Crippen LogP contribution < -0.4 is 9.46 Å². The molecule has 1 fully saturated rings. The molecule has 1 atom stereocenters. The highest BCUT2D eigenvalue weighted by atomic mass is 32.2. The van der Waals surface area contributed by atoms with Gasteiger partial charge in [0.05, 0.1) is 12.9 Å². The number of sulfonamides is 1. The lowest BCUT2D eigenvalue weighted by Crippen LogP contribution is -2.38. The van der Waals surface area contributed by atoms with Gasteiger partial charge in [0.15, 0.2) is 0 Å². The number of carboxylic acids is 1. The first-order chi connectivity index (χ1) is 9.91. The molecule has 7 heteroatoms. The summed E-state index contributed by atoms with van der Waals surface area (Å²) in [4.78, 5) is 11.4. The Labute approximate surface area is 124 Å². The maximum atomic E-state index is 12.1. The van der Waals surface area contributed by atoms with Crippen molar-refractivity contribution in [2.24, 2.45) is 5.92 Å². The lowest BCUT2D eigenvalue weighted by molar-refractivity contribution is -0.139. The van der Waals surface area contributed by atoms with Crippen molar-refractivity contribution in [2.45, 2.75) is 25.3 Å². The number of hydrogen-bond donors (Lipinski definition) is 2. The Bertz CT molecular complexity index is 610. The van der Waals surface area contributed by atoms with Gasteiger partial charge < -0.3 is 9.84 Å². The molecule has 0 bridgehead atoms. The number of carbonyl (C=O) groups is 1. The largest absolute Gasteiger partial charge is 0.497 e. The van der Waals surface area contributed by atoms with Gasteiger partial charge in [0, 0.05) is 0 Å². The normalized spacial score (nSPS) is 17.0. The highest BCUT2D eigenvalue weighted by Gasteiger charge is 2.30. The summed E-state index contributed by atoms with van der Waals surface area (Å²) in [5.74, 6) is -0.625. The highest BCUT2D eigenvalue weighted by molar-refractivity contribution is 7.89. The number of nitrogens with one attached hydrogen (secondary N) is 1. The number of methoxy groups -OCH3 is 1. The molecule has 0 spiro atoms. The third-order valence-corrected chi connectivity index (χ3v) is 5.16. The van der Waals surface area contributed by atoms with E-state index >= 15 is 0 Å². The minimum atomic E-state index is -3.63. The van der Waals surface area contributed by atoms with Gasteiger partial charge in [-0.3, -0.25) is 4.79 Å². The van der Waals surface area contributed by atoms with Gasteiger partial charge in [0.1, 0.15) is 11.8 Å². The number of aliphatic carboxylic acids is 1. The molecule has 6 nitrogen and oxygen atoms in total. The van der Waals surface area contributed by atoms with E-state index in [1.807, 2.05) is 0 Å². The third-order valence-electron chi connectivity index (χ3n) is 3.65. The van der Waals surface area contributed by atoms with E-state index in [1.54, 1.807) is 18.2 Å². The van der Waals surface area contributed by atoms with Crippen LogP contribution >= 0.6 is 0 Å². The molecule has 0 heterocycles. The predicted molar refractivity (Wildman–Crippen MR) is 77.6 cm³/mol. The van der Waals surface area contributed by atoms with Gasteiger partial charge in [0.2, 0.25) is 10.0 Å². The Balaban J connectivity index is 2.16. The Hall–Kier alpha value is -1.60. The van der Waals surface area contributed by atoms with Crippen LogP contribution in [0.2, 0.25) is 0 Å². The molecule has 116 valence electrons. The molecule has 0 radical (unpaired) electrons. The number of ether oxygens (including phenoxy) is 1. The van der Waals surface area contributed by atoms with Crippen molar-refractivity contribution < 1.29 is 23.1 Å². The van der Waals surface area contributed by atoms with E-state index in [2.05, 4.69) is 4.72 Å². The van der Waals surface area contributed by atoms with E-state index in [1.165, 1.54) is 13.2 Å². The molecule has 1 aromatic carbocycles. The van der Waals surface area contributed by atoms with Crippen LogP contribution in [0.25, 0.3) is 0 Å². The van der Waals surface area contributed by atoms with E-state index in [0.717, 1.165) is 19.3 Å². The fourth-order valence-corrected chi connectivity index (χ4v) is 3.93. The molecule has 1 aliphatic carbocycles. The second kappa shape index (κ2) is 6.44. The summed E-state index contributed by atoms with van der Waals surface area (Å²) in [6.45, 7) is 0. The van der Waals surface area contributed by atoms with Gasteiger partial charge in [-0.1, -0.05) is 18.6 Å². The standard InChI is InChI=1S/C14H19NO5S/c1-20-12-7-3-6-11(8-12)13(14(16)17)15-21(18,19)9-10-4-2-5-10/h3,6-8,10,13,15H,2,4-5,9H2,1H3,(H,16,17). The maximum Gasteiger partial charge on any atom is 0.326 e. The van der Waals surface area contributed by atoms with Crippen LogP contribution in [0.3, 0.4) is 0 Å². The molecule has 2 rings (SSSR count). The van der Waals surface area contributed by atoms with Crippen molar-refractivity contribution in [3.8, 4) is 5.75 Å². The minimum Gasteiger partial charge on any atom is -0.497 e. The SMILES string of the molecule is COc1cccc(C(NS(=O)(=O)CC2CCC2)C(=O)O)c1. The van der Waals surface area contributed by atoms with Crippen molar-refractivity contribution in [3.05, 3.63) is 29.8 Å². The van der Waals surface area contributed by atoms with Crippen molar-refractivity contribution in [2.75, 3.05) is 12.9 Å². The first-order valence-electron chi connectivity index (χ1n) is 6.78. The first-order valence-corrected chi connectivity index (χ1v) is 8.43. The lowest BCUT2D eigenvalue weighted by atomic mass is 9.87. The molecule has 1 aliphatic rings. The molecular formula is C14H19NO5S. The molecule has 21 heavy (non-hydrogen) atoms. The van der Waals surface area contributed by atoms with Crippen LogP contribution in [-0.2, 0) is 14.8 Å². The molecule has 1 unspecified atom stereocenters. The zero-order valence-corrected chi connectivity index (χ0v) is 12.6. The Kier molecular flexibility index (Phi) is 4.84. The molecule has 1 saturated carbocycles. The fourth-order valence-electron chi connectivity index (χ4n) is 2.28. The maximum absolute atomic E-state index is 12.1. The van der Waals surface area contributed by atoms with Gasteiger partial charge in [-0.25, -0.2) is 8.42 Å². The second-order valence-electron chi connectivity index (χ2n) is 5.24. The van der Waals surface area contributed by atoms with E-state index in [-0.39, 0.29) is 11.7 Å². The Morgan fingerprint density at radius 3 is 2.71 bits per heavy atom. The quantitative estimate of drug-likeness (QED) is 0.796. The van der Waals surface area contributed by atoms with Gasteiger partial charge in [-0.05, 0) is 36.5 Å². The van der Waals surface area contributed by atoms with Crippen LogP contribution in [0, 0.1) is 5.92 Å². The summed E-state index contributed by atoms with van der Waals surface area (Å²) < 4.78 is 31.5.